The Bertz CT molecular complexity index is 1150. The van der Waals surface area contributed by atoms with Crippen LogP contribution in [0.25, 0.3) is 0 Å². The maximum Gasteiger partial charge on any atom is 0.264 e. The molecular weight excluding hydrogens is 406 g/mol. The number of aryl methyl sites for hydroxylation is 1. The van der Waals surface area contributed by atoms with Gasteiger partial charge in [0.2, 0.25) is 5.91 Å². The molecule has 1 aliphatic rings. The highest BCUT2D eigenvalue weighted by Gasteiger charge is 2.27. The van der Waals surface area contributed by atoms with Crippen molar-refractivity contribution >= 4 is 11.8 Å². The molecule has 0 spiro atoms. The van der Waals surface area contributed by atoms with Gasteiger partial charge in [0.1, 0.15) is 5.56 Å². The molecule has 0 radical (unpaired) electrons. The van der Waals surface area contributed by atoms with Crippen LogP contribution in [0.15, 0.2) is 60.0 Å². The first-order chi connectivity index (χ1) is 15.5. The van der Waals surface area contributed by atoms with Crippen molar-refractivity contribution in [1.82, 2.24) is 24.3 Å². The third-order valence-electron chi connectivity index (χ3n) is 5.77. The summed E-state index contributed by atoms with van der Waals surface area (Å²) in [6.07, 6.45) is 8.35. The van der Waals surface area contributed by atoms with Crippen LogP contribution in [0.4, 0.5) is 0 Å². The number of imidazole rings is 1. The molecule has 32 heavy (non-hydrogen) atoms. The van der Waals surface area contributed by atoms with Crippen molar-refractivity contribution in [1.29, 1.82) is 0 Å². The first-order valence-electron chi connectivity index (χ1n) is 10.8. The van der Waals surface area contributed by atoms with Crippen LogP contribution in [0.3, 0.4) is 0 Å². The minimum absolute atomic E-state index is 0.0121. The van der Waals surface area contributed by atoms with Gasteiger partial charge < -0.3 is 19.4 Å². The van der Waals surface area contributed by atoms with Crippen molar-refractivity contribution in [2.45, 2.75) is 39.4 Å². The smallest absolute Gasteiger partial charge is 0.264 e. The molecule has 0 fully saturated rings. The zero-order valence-corrected chi connectivity index (χ0v) is 18.2. The lowest BCUT2D eigenvalue weighted by atomic mass is 9.95. The molecule has 0 bridgehead atoms. The van der Waals surface area contributed by atoms with Crippen LogP contribution < -0.4 is 10.9 Å². The third-order valence-corrected chi connectivity index (χ3v) is 5.77. The van der Waals surface area contributed by atoms with Crippen molar-refractivity contribution in [2.75, 3.05) is 13.1 Å². The first-order valence-corrected chi connectivity index (χ1v) is 10.8. The molecule has 4 rings (SSSR count). The van der Waals surface area contributed by atoms with Crippen LogP contribution in [-0.4, -0.2) is 43.9 Å². The zero-order chi connectivity index (χ0) is 22.5. The molecule has 2 aromatic heterocycles. The predicted octanol–water partition coefficient (Wildman–Crippen LogP) is 1.82. The van der Waals surface area contributed by atoms with Gasteiger partial charge in [-0.2, -0.15) is 0 Å². The van der Waals surface area contributed by atoms with E-state index in [-0.39, 0.29) is 22.9 Å². The Labute approximate surface area is 186 Å². The largest absolute Gasteiger partial charge is 0.352 e. The fraction of sp³-hybridized carbons (Fsp3) is 0.333. The highest BCUT2D eigenvalue weighted by atomic mass is 16.2. The first kappa shape index (κ1) is 21.5. The van der Waals surface area contributed by atoms with Gasteiger partial charge in [0.05, 0.1) is 12.9 Å². The van der Waals surface area contributed by atoms with E-state index in [2.05, 4.69) is 10.3 Å². The van der Waals surface area contributed by atoms with E-state index in [0.717, 1.165) is 29.7 Å². The lowest BCUT2D eigenvalue weighted by Crippen LogP contribution is -2.41. The number of rotatable bonds is 7. The molecule has 0 atom stereocenters. The number of nitrogens with zero attached hydrogens (tertiary/aromatic N) is 4. The number of pyridine rings is 1. The van der Waals surface area contributed by atoms with Crippen LogP contribution >= 0.6 is 0 Å². The lowest BCUT2D eigenvalue weighted by Gasteiger charge is -2.29. The van der Waals surface area contributed by atoms with Gasteiger partial charge in [-0.05, 0) is 29.5 Å². The molecule has 1 aromatic carbocycles. The van der Waals surface area contributed by atoms with Crippen LogP contribution in [-0.2, 0) is 30.8 Å². The number of benzene rings is 1. The highest BCUT2D eigenvalue weighted by Crippen LogP contribution is 2.21. The van der Waals surface area contributed by atoms with Gasteiger partial charge >= 0.3 is 0 Å². The molecule has 8 nitrogen and oxygen atoms in total. The minimum atomic E-state index is -0.351. The van der Waals surface area contributed by atoms with Gasteiger partial charge in [0.15, 0.2) is 0 Å². The fourth-order valence-electron chi connectivity index (χ4n) is 4.08. The summed E-state index contributed by atoms with van der Waals surface area (Å²) in [5, 5.41) is 2.91. The summed E-state index contributed by atoms with van der Waals surface area (Å²) in [5.41, 5.74) is 2.48. The van der Waals surface area contributed by atoms with Crippen molar-refractivity contribution < 1.29 is 9.59 Å². The number of hydrogen-bond donors (Lipinski definition) is 1. The second kappa shape index (κ2) is 9.64. The Balaban J connectivity index is 1.59. The van der Waals surface area contributed by atoms with Gasteiger partial charge in [-0.1, -0.05) is 30.3 Å². The summed E-state index contributed by atoms with van der Waals surface area (Å²) in [6.45, 7) is 4.01. The summed E-state index contributed by atoms with van der Waals surface area (Å²) in [7, 11) is 0. The van der Waals surface area contributed by atoms with E-state index in [1.807, 2.05) is 41.1 Å². The number of aromatic nitrogens is 3. The van der Waals surface area contributed by atoms with Crippen molar-refractivity contribution in [3.05, 3.63) is 87.9 Å². The number of amides is 2. The van der Waals surface area contributed by atoms with E-state index in [1.165, 1.54) is 0 Å². The van der Waals surface area contributed by atoms with Crippen LogP contribution in [0.2, 0.25) is 0 Å². The SMILES string of the molecule is CC(=O)N1CCc2c(cn(Cc3ccccc3)c(=O)c2C(=O)NCCCn2ccnc2)C1. The van der Waals surface area contributed by atoms with E-state index in [4.69, 9.17) is 0 Å². The molecule has 1 aliphatic heterocycles. The summed E-state index contributed by atoms with van der Waals surface area (Å²) < 4.78 is 3.53. The number of fused-ring (bicyclic) bond motifs is 1. The molecule has 0 unspecified atom stereocenters. The molecule has 166 valence electrons. The topological polar surface area (TPSA) is 89.2 Å². The maximum atomic E-state index is 13.3. The number of hydrogen-bond acceptors (Lipinski definition) is 4. The summed E-state index contributed by atoms with van der Waals surface area (Å²) in [5.74, 6) is -0.363. The van der Waals surface area contributed by atoms with E-state index in [9.17, 15) is 14.4 Å². The summed E-state index contributed by atoms with van der Waals surface area (Å²) in [4.78, 5) is 44.1. The summed E-state index contributed by atoms with van der Waals surface area (Å²) in [6, 6.07) is 9.66. The van der Waals surface area contributed by atoms with E-state index in [0.29, 0.717) is 32.6 Å². The van der Waals surface area contributed by atoms with Gasteiger partial charge in [0, 0.05) is 51.7 Å². The monoisotopic (exact) mass is 433 g/mol. The fourth-order valence-corrected chi connectivity index (χ4v) is 4.08. The van der Waals surface area contributed by atoms with Crippen LogP contribution in [0.5, 0.6) is 0 Å². The van der Waals surface area contributed by atoms with Crippen molar-refractivity contribution in [3.8, 4) is 0 Å². The molecule has 1 N–H and O–H groups in total. The molecule has 0 aliphatic carbocycles. The Morgan fingerprint density at radius 3 is 2.72 bits per heavy atom. The van der Waals surface area contributed by atoms with E-state index in [1.54, 1.807) is 35.1 Å². The van der Waals surface area contributed by atoms with Gasteiger partial charge in [-0.15, -0.1) is 0 Å². The average Bonchev–Trinajstić information content (AvgIpc) is 3.31. The van der Waals surface area contributed by atoms with Crippen LogP contribution in [0.1, 0.15) is 40.4 Å². The molecule has 0 saturated carbocycles. The Morgan fingerprint density at radius 2 is 2.00 bits per heavy atom. The molecule has 0 saturated heterocycles. The quantitative estimate of drug-likeness (QED) is 0.576. The number of nitrogens with one attached hydrogen (secondary N) is 1. The van der Waals surface area contributed by atoms with Gasteiger partial charge in [-0.3, -0.25) is 14.4 Å². The zero-order valence-electron chi connectivity index (χ0n) is 18.2. The molecular formula is C24H27N5O3. The number of carbonyl (C=O) groups is 2. The summed E-state index contributed by atoms with van der Waals surface area (Å²) >= 11 is 0. The molecule has 3 aromatic rings. The Kier molecular flexibility index (Phi) is 6.49. The molecule has 3 heterocycles. The average molecular weight is 434 g/mol. The Hall–Kier alpha value is -3.68. The van der Waals surface area contributed by atoms with Crippen LogP contribution in [0, 0.1) is 0 Å². The molecule has 8 heteroatoms. The minimum Gasteiger partial charge on any atom is -0.352 e. The third kappa shape index (κ3) is 4.80. The van der Waals surface area contributed by atoms with Gasteiger partial charge in [0.25, 0.3) is 11.5 Å². The van der Waals surface area contributed by atoms with E-state index < -0.39 is 0 Å². The second-order valence-corrected chi connectivity index (χ2v) is 8.03. The maximum absolute atomic E-state index is 13.3. The second-order valence-electron chi connectivity index (χ2n) is 8.03. The Morgan fingerprint density at radius 1 is 1.19 bits per heavy atom. The van der Waals surface area contributed by atoms with Crippen molar-refractivity contribution in [2.24, 2.45) is 0 Å². The standard InChI is InChI=1S/C24H27N5O3/c1-18(30)28-12-8-21-20(15-28)16-29(14-19-6-3-2-4-7-19)24(32)22(21)23(31)26-9-5-11-27-13-10-25-17-27/h2-4,6-7,10,13,16-17H,5,8-9,11-12,14-15H2,1H3,(H,26,31). The normalized spacial score (nSPS) is 13.0. The predicted molar refractivity (Wildman–Crippen MR) is 120 cm³/mol. The van der Waals surface area contributed by atoms with Crippen molar-refractivity contribution in [3.63, 3.8) is 0 Å². The number of carbonyl (C=O) groups excluding carboxylic acids is 2. The molecule has 2 amide bonds. The highest BCUT2D eigenvalue weighted by molar-refractivity contribution is 5.95. The lowest BCUT2D eigenvalue weighted by molar-refractivity contribution is -0.129. The van der Waals surface area contributed by atoms with Gasteiger partial charge in [-0.25, -0.2) is 4.98 Å². The van der Waals surface area contributed by atoms with E-state index >= 15 is 0 Å².